The second-order valence-corrected chi connectivity index (χ2v) is 5.66. The van der Waals surface area contributed by atoms with Gasteiger partial charge in [-0.15, -0.1) is 11.6 Å². The molecule has 0 heterocycles. The lowest BCUT2D eigenvalue weighted by Gasteiger charge is -2.12. The molecule has 106 valence electrons. The summed E-state index contributed by atoms with van der Waals surface area (Å²) in [6.45, 7) is 0. The lowest BCUT2D eigenvalue weighted by atomic mass is 10.0. The van der Waals surface area contributed by atoms with Crippen molar-refractivity contribution in [3.63, 3.8) is 0 Å². The Labute approximate surface area is 129 Å². The molecule has 1 nitrogen and oxygen atoms in total. The largest absolute Gasteiger partial charge is 0.496 e. The van der Waals surface area contributed by atoms with Crippen LogP contribution in [0.3, 0.4) is 0 Å². The second-order valence-electron chi connectivity index (χ2n) is 4.28. The SMILES string of the molecule is COc1ccc(C(Cl)Cc2cccc(F)c2F)cc1Br. The first kappa shape index (κ1) is 15.3. The van der Waals surface area contributed by atoms with E-state index in [2.05, 4.69) is 15.9 Å². The normalized spacial score (nSPS) is 12.2. The maximum atomic E-state index is 13.6. The Bertz CT molecular complexity index is 619. The van der Waals surface area contributed by atoms with Gasteiger partial charge >= 0.3 is 0 Å². The quantitative estimate of drug-likeness (QED) is 0.675. The van der Waals surface area contributed by atoms with Gasteiger partial charge in [-0.2, -0.15) is 0 Å². The maximum Gasteiger partial charge on any atom is 0.162 e. The highest BCUT2D eigenvalue weighted by Gasteiger charge is 2.15. The second kappa shape index (κ2) is 6.55. The first-order chi connectivity index (χ1) is 9.52. The molecular weight excluding hydrogens is 350 g/mol. The van der Waals surface area contributed by atoms with Crippen LogP contribution < -0.4 is 4.74 Å². The first-order valence-corrected chi connectivity index (χ1v) is 7.16. The smallest absolute Gasteiger partial charge is 0.162 e. The summed E-state index contributed by atoms with van der Waals surface area (Å²) in [4.78, 5) is 0. The van der Waals surface area contributed by atoms with Crippen LogP contribution in [0.1, 0.15) is 16.5 Å². The molecule has 1 atom stereocenters. The number of ether oxygens (including phenoxy) is 1. The molecule has 0 aliphatic heterocycles. The monoisotopic (exact) mass is 360 g/mol. The molecule has 2 aromatic carbocycles. The summed E-state index contributed by atoms with van der Waals surface area (Å²) in [6, 6.07) is 9.49. The number of alkyl halides is 1. The summed E-state index contributed by atoms with van der Waals surface area (Å²) < 4.78 is 32.7. The van der Waals surface area contributed by atoms with Crippen LogP contribution in [0.4, 0.5) is 8.78 Å². The van der Waals surface area contributed by atoms with Crippen LogP contribution in [-0.2, 0) is 6.42 Å². The van der Waals surface area contributed by atoms with Gasteiger partial charge in [-0.05, 0) is 51.7 Å². The minimum absolute atomic E-state index is 0.212. The third-order valence-electron chi connectivity index (χ3n) is 2.97. The Balaban J connectivity index is 2.21. The molecule has 0 aromatic heterocycles. The van der Waals surface area contributed by atoms with Crippen molar-refractivity contribution in [1.82, 2.24) is 0 Å². The summed E-state index contributed by atoms with van der Waals surface area (Å²) in [5, 5.41) is -0.450. The summed E-state index contributed by atoms with van der Waals surface area (Å²) in [5.41, 5.74) is 1.07. The van der Waals surface area contributed by atoms with E-state index in [9.17, 15) is 8.78 Å². The van der Waals surface area contributed by atoms with Gasteiger partial charge in [0.1, 0.15) is 5.75 Å². The molecule has 0 aliphatic carbocycles. The Morgan fingerprint density at radius 2 is 2.00 bits per heavy atom. The van der Waals surface area contributed by atoms with Gasteiger partial charge in [-0.25, -0.2) is 8.78 Å². The number of benzene rings is 2. The van der Waals surface area contributed by atoms with Gasteiger partial charge in [0.05, 0.1) is 17.0 Å². The molecule has 0 aliphatic rings. The molecule has 2 aromatic rings. The minimum Gasteiger partial charge on any atom is -0.496 e. The standard InChI is InChI=1S/C15H12BrClF2O/c1-20-14-6-5-9(7-11(14)16)12(17)8-10-3-2-4-13(18)15(10)19/h2-7,12H,8H2,1H3. The number of halogens is 4. The molecule has 0 saturated heterocycles. The fraction of sp³-hybridized carbons (Fsp3) is 0.200. The van der Waals surface area contributed by atoms with Crippen LogP contribution in [-0.4, -0.2) is 7.11 Å². The number of hydrogen-bond donors (Lipinski definition) is 0. The lowest BCUT2D eigenvalue weighted by molar-refractivity contribution is 0.412. The van der Waals surface area contributed by atoms with Gasteiger partial charge < -0.3 is 4.74 Å². The van der Waals surface area contributed by atoms with Crippen LogP contribution in [0.15, 0.2) is 40.9 Å². The molecule has 0 N–H and O–H groups in total. The number of rotatable bonds is 4. The van der Waals surface area contributed by atoms with E-state index in [0.29, 0.717) is 5.75 Å². The van der Waals surface area contributed by atoms with E-state index >= 15 is 0 Å². The van der Waals surface area contributed by atoms with Crippen molar-refractivity contribution >= 4 is 27.5 Å². The van der Waals surface area contributed by atoms with Gasteiger partial charge in [0.15, 0.2) is 11.6 Å². The summed E-state index contributed by atoms with van der Waals surface area (Å²) in [5.74, 6) is -1.01. The summed E-state index contributed by atoms with van der Waals surface area (Å²) in [6.07, 6.45) is 0.212. The van der Waals surface area contributed by atoms with E-state index in [1.807, 2.05) is 6.07 Å². The van der Waals surface area contributed by atoms with Crippen molar-refractivity contribution < 1.29 is 13.5 Å². The highest BCUT2D eigenvalue weighted by molar-refractivity contribution is 9.10. The molecule has 0 spiro atoms. The van der Waals surface area contributed by atoms with Gasteiger partial charge in [0.2, 0.25) is 0 Å². The Morgan fingerprint density at radius 3 is 2.65 bits per heavy atom. The maximum absolute atomic E-state index is 13.6. The van der Waals surface area contributed by atoms with E-state index in [4.69, 9.17) is 16.3 Å². The van der Waals surface area contributed by atoms with Gasteiger partial charge in [-0.1, -0.05) is 18.2 Å². The molecular formula is C15H12BrClF2O. The Kier molecular flexibility index (Phi) is 5.00. The third kappa shape index (κ3) is 3.30. The number of hydrogen-bond acceptors (Lipinski definition) is 1. The van der Waals surface area contributed by atoms with Gasteiger partial charge in [0, 0.05) is 0 Å². The predicted octanol–water partition coefficient (Wildman–Crippen LogP) is 5.26. The molecule has 0 fully saturated rings. The molecule has 0 saturated carbocycles. The van der Waals surface area contributed by atoms with E-state index in [1.54, 1.807) is 19.2 Å². The molecule has 1 unspecified atom stereocenters. The van der Waals surface area contributed by atoms with Gasteiger partial charge in [-0.3, -0.25) is 0 Å². The van der Waals surface area contributed by atoms with Crippen LogP contribution in [0.25, 0.3) is 0 Å². The van der Waals surface area contributed by atoms with E-state index in [-0.39, 0.29) is 12.0 Å². The topological polar surface area (TPSA) is 9.23 Å². The highest BCUT2D eigenvalue weighted by Crippen LogP contribution is 2.32. The first-order valence-electron chi connectivity index (χ1n) is 5.93. The molecule has 5 heteroatoms. The molecule has 0 radical (unpaired) electrons. The zero-order chi connectivity index (χ0) is 14.7. The molecule has 0 bridgehead atoms. The molecule has 0 amide bonds. The van der Waals surface area contributed by atoms with Gasteiger partial charge in [0.25, 0.3) is 0 Å². The Morgan fingerprint density at radius 1 is 1.25 bits per heavy atom. The molecule has 20 heavy (non-hydrogen) atoms. The van der Waals surface area contributed by atoms with Crippen LogP contribution in [0.5, 0.6) is 5.75 Å². The minimum atomic E-state index is -0.859. The fourth-order valence-corrected chi connectivity index (χ4v) is 2.75. The zero-order valence-corrected chi connectivity index (χ0v) is 13.0. The van der Waals surface area contributed by atoms with E-state index in [1.165, 1.54) is 12.1 Å². The van der Waals surface area contributed by atoms with E-state index < -0.39 is 17.0 Å². The summed E-state index contributed by atoms with van der Waals surface area (Å²) in [7, 11) is 1.57. The third-order valence-corrected chi connectivity index (χ3v) is 3.99. The van der Waals surface area contributed by atoms with Crippen molar-refractivity contribution in [2.75, 3.05) is 7.11 Å². The van der Waals surface area contributed by atoms with Crippen LogP contribution >= 0.6 is 27.5 Å². The highest BCUT2D eigenvalue weighted by atomic mass is 79.9. The average Bonchev–Trinajstić information content (AvgIpc) is 2.43. The van der Waals surface area contributed by atoms with Crippen LogP contribution in [0.2, 0.25) is 0 Å². The lowest BCUT2D eigenvalue weighted by Crippen LogP contribution is -2.00. The summed E-state index contributed by atoms with van der Waals surface area (Å²) >= 11 is 9.65. The van der Waals surface area contributed by atoms with Crippen LogP contribution in [0, 0.1) is 11.6 Å². The average molecular weight is 362 g/mol. The zero-order valence-electron chi connectivity index (χ0n) is 10.7. The fourth-order valence-electron chi connectivity index (χ4n) is 1.89. The van der Waals surface area contributed by atoms with Crippen molar-refractivity contribution in [2.45, 2.75) is 11.8 Å². The van der Waals surface area contributed by atoms with Crippen molar-refractivity contribution in [2.24, 2.45) is 0 Å². The molecule has 2 rings (SSSR count). The van der Waals surface area contributed by atoms with Crippen molar-refractivity contribution in [3.05, 3.63) is 63.6 Å². The van der Waals surface area contributed by atoms with Crippen molar-refractivity contribution in [1.29, 1.82) is 0 Å². The Hall–Kier alpha value is -1.13. The predicted molar refractivity (Wildman–Crippen MR) is 79.4 cm³/mol. The number of methoxy groups -OCH3 is 1. The van der Waals surface area contributed by atoms with Crippen molar-refractivity contribution in [3.8, 4) is 5.75 Å². The van der Waals surface area contributed by atoms with E-state index in [0.717, 1.165) is 16.1 Å².